The molecule has 0 heterocycles. The van der Waals surface area contributed by atoms with Gasteiger partial charge in [0.05, 0.1) is 0 Å². The van der Waals surface area contributed by atoms with Crippen molar-refractivity contribution < 1.29 is 14.8 Å². The maximum Gasteiger partial charge on any atom is 0.267 e. The number of carbonyl (C=O) groups is 2. The lowest BCUT2D eigenvalue weighted by atomic mass is 10.1. The predicted molar refractivity (Wildman–Crippen MR) is 70.7 cm³/mol. The minimum atomic E-state index is -0.983. The molecule has 0 aliphatic carbocycles. The number of hydroxylamine groups is 1. The lowest BCUT2D eigenvalue weighted by Gasteiger charge is -2.20. The van der Waals surface area contributed by atoms with Gasteiger partial charge in [-0.05, 0) is 31.0 Å². The molecule has 2 atom stereocenters. The van der Waals surface area contributed by atoms with Gasteiger partial charge in [0.2, 0.25) is 0 Å². The first-order valence-electron chi connectivity index (χ1n) is 6.09. The SMILES string of the molecule is CCc1ccc(C(=O)N[C@H](C(=O)NO)[C@@H](C)N)cc1. The van der Waals surface area contributed by atoms with Crippen LogP contribution in [0.5, 0.6) is 0 Å². The molecule has 0 fully saturated rings. The summed E-state index contributed by atoms with van der Waals surface area (Å²) in [5.74, 6) is -1.15. The maximum atomic E-state index is 12.0. The predicted octanol–water partition coefficient (Wildman–Crippen LogP) is 0.200. The van der Waals surface area contributed by atoms with Crippen LogP contribution in [0.25, 0.3) is 0 Å². The average molecular weight is 265 g/mol. The van der Waals surface area contributed by atoms with Crippen molar-refractivity contribution in [2.45, 2.75) is 32.4 Å². The molecule has 1 aromatic carbocycles. The minimum Gasteiger partial charge on any atom is -0.339 e. The Hall–Kier alpha value is -1.92. The van der Waals surface area contributed by atoms with Crippen LogP contribution in [0.2, 0.25) is 0 Å². The van der Waals surface area contributed by atoms with Gasteiger partial charge in [0.1, 0.15) is 6.04 Å². The Morgan fingerprint density at radius 2 is 1.89 bits per heavy atom. The van der Waals surface area contributed by atoms with Gasteiger partial charge >= 0.3 is 0 Å². The number of aryl methyl sites for hydroxylation is 1. The Bertz CT molecular complexity index is 443. The second kappa shape index (κ2) is 6.86. The zero-order valence-corrected chi connectivity index (χ0v) is 11.0. The molecule has 19 heavy (non-hydrogen) atoms. The smallest absolute Gasteiger partial charge is 0.267 e. The Morgan fingerprint density at radius 1 is 1.32 bits per heavy atom. The van der Waals surface area contributed by atoms with Gasteiger partial charge in [-0.1, -0.05) is 19.1 Å². The van der Waals surface area contributed by atoms with E-state index in [0.29, 0.717) is 5.56 Å². The second-order valence-corrected chi connectivity index (χ2v) is 4.34. The molecule has 0 bridgehead atoms. The molecule has 1 aromatic rings. The van der Waals surface area contributed by atoms with Crippen LogP contribution in [0.3, 0.4) is 0 Å². The molecule has 6 heteroatoms. The summed E-state index contributed by atoms with van der Waals surface area (Å²) in [5, 5.41) is 11.1. The summed E-state index contributed by atoms with van der Waals surface area (Å²) in [5.41, 5.74) is 8.64. The van der Waals surface area contributed by atoms with Gasteiger partial charge in [-0.3, -0.25) is 14.8 Å². The number of amides is 2. The first kappa shape index (κ1) is 15.1. The van der Waals surface area contributed by atoms with Gasteiger partial charge in [-0.15, -0.1) is 0 Å². The summed E-state index contributed by atoms with van der Waals surface area (Å²) in [6.07, 6.45) is 0.886. The highest BCUT2D eigenvalue weighted by atomic mass is 16.5. The van der Waals surface area contributed by atoms with Crippen molar-refractivity contribution in [2.24, 2.45) is 5.73 Å². The van der Waals surface area contributed by atoms with E-state index in [1.807, 2.05) is 19.1 Å². The number of carbonyl (C=O) groups excluding carboxylic acids is 2. The molecular weight excluding hydrogens is 246 g/mol. The van der Waals surface area contributed by atoms with E-state index < -0.39 is 23.9 Å². The van der Waals surface area contributed by atoms with Crippen LogP contribution in [0.15, 0.2) is 24.3 Å². The van der Waals surface area contributed by atoms with Gasteiger partial charge in [0.15, 0.2) is 0 Å². The number of benzene rings is 1. The minimum absolute atomic E-state index is 0.409. The number of nitrogens with two attached hydrogens (primary N) is 1. The highest BCUT2D eigenvalue weighted by Crippen LogP contribution is 2.05. The van der Waals surface area contributed by atoms with E-state index in [-0.39, 0.29) is 0 Å². The normalized spacial score (nSPS) is 13.5. The van der Waals surface area contributed by atoms with Crippen LogP contribution in [-0.2, 0) is 11.2 Å². The molecule has 0 aliphatic rings. The molecule has 0 spiro atoms. The van der Waals surface area contributed by atoms with Crippen molar-refractivity contribution in [3.05, 3.63) is 35.4 Å². The summed E-state index contributed by atoms with van der Waals surface area (Å²) in [7, 11) is 0. The lowest BCUT2D eigenvalue weighted by molar-refractivity contribution is -0.131. The Balaban J connectivity index is 2.78. The molecule has 0 unspecified atom stereocenters. The standard InChI is InChI=1S/C13H19N3O3/c1-3-9-4-6-10(7-5-9)12(17)15-11(8(2)14)13(18)16-19/h4-8,11,19H,3,14H2,1-2H3,(H,15,17)(H,16,18)/t8-,11+/m1/s1. The second-order valence-electron chi connectivity index (χ2n) is 4.34. The van der Waals surface area contributed by atoms with E-state index in [1.165, 1.54) is 5.48 Å². The Labute approximate surface area is 111 Å². The highest BCUT2D eigenvalue weighted by Gasteiger charge is 2.24. The van der Waals surface area contributed by atoms with Gasteiger partial charge in [0, 0.05) is 11.6 Å². The van der Waals surface area contributed by atoms with Crippen molar-refractivity contribution >= 4 is 11.8 Å². The van der Waals surface area contributed by atoms with Crippen LogP contribution in [0.1, 0.15) is 29.8 Å². The van der Waals surface area contributed by atoms with Crippen molar-refractivity contribution in [3.63, 3.8) is 0 Å². The lowest BCUT2D eigenvalue weighted by Crippen LogP contribution is -2.54. The largest absolute Gasteiger partial charge is 0.339 e. The first-order valence-corrected chi connectivity index (χ1v) is 6.09. The van der Waals surface area contributed by atoms with Crippen LogP contribution >= 0.6 is 0 Å². The van der Waals surface area contributed by atoms with Crippen molar-refractivity contribution in [2.75, 3.05) is 0 Å². The summed E-state index contributed by atoms with van der Waals surface area (Å²) >= 11 is 0. The van der Waals surface area contributed by atoms with Gasteiger partial charge in [-0.2, -0.15) is 0 Å². The zero-order valence-electron chi connectivity index (χ0n) is 11.0. The fourth-order valence-corrected chi connectivity index (χ4v) is 1.62. The molecular formula is C13H19N3O3. The van der Waals surface area contributed by atoms with E-state index in [1.54, 1.807) is 19.1 Å². The molecule has 2 amide bonds. The molecule has 6 nitrogen and oxygen atoms in total. The Morgan fingerprint density at radius 3 is 2.32 bits per heavy atom. The average Bonchev–Trinajstić information content (AvgIpc) is 2.43. The summed E-state index contributed by atoms with van der Waals surface area (Å²) < 4.78 is 0. The maximum absolute atomic E-state index is 12.0. The summed E-state index contributed by atoms with van der Waals surface area (Å²) in [6, 6.07) is 5.46. The van der Waals surface area contributed by atoms with Gasteiger partial charge in [-0.25, -0.2) is 5.48 Å². The fraction of sp³-hybridized carbons (Fsp3) is 0.385. The quantitative estimate of drug-likeness (QED) is 0.451. The van der Waals surface area contributed by atoms with E-state index in [2.05, 4.69) is 5.32 Å². The summed E-state index contributed by atoms with van der Waals surface area (Å²) in [4.78, 5) is 23.3. The molecule has 5 N–H and O–H groups in total. The first-order chi connectivity index (χ1) is 8.99. The molecule has 104 valence electrons. The van der Waals surface area contributed by atoms with E-state index in [0.717, 1.165) is 12.0 Å². The zero-order chi connectivity index (χ0) is 14.4. The number of hydrogen-bond donors (Lipinski definition) is 4. The van der Waals surface area contributed by atoms with E-state index in [4.69, 9.17) is 10.9 Å². The van der Waals surface area contributed by atoms with E-state index >= 15 is 0 Å². The number of rotatable bonds is 5. The van der Waals surface area contributed by atoms with Crippen LogP contribution < -0.4 is 16.5 Å². The molecule has 0 radical (unpaired) electrons. The van der Waals surface area contributed by atoms with Crippen LogP contribution in [-0.4, -0.2) is 29.1 Å². The number of hydrogen-bond acceptors (Lipinski definition) is 4. The highest BCUT2D eigenvalue weighted by molar-refractivity contribution is 5.97. The monoisotopic (exact) mass is 265 g/mol. The van der Waals surface area contributed by atoms with E-state index in [9.17, 15) is 9.59 Å². The van der Waals surface area contributed by atoms with Gasteiger partial charge in [0.25, 0.3) is 11.8 Å². The van der Waals surface area contributed by atoms with Crippen molar-refractivity contribution in [1.82, 2.24) is 10.8 Å². The summed E-state index contributed by atoms with van der Waals surface area (Å²) in [6.45, 7) is 3.59. The van der Waals surface area contributed by atoms with Crippen LogP contribution in [0.4, 0.5) is 0 Å². The molecule has 0 aromatic heterocycles. The van der Waals surface area contributed by atoms with Crippen LogP contribution in [0, 0.1) is 0 Å². The molecule has 0 saturated carbocycles. The third kappa shape index (κ3) is 4.04. The van der Waals surface area contributed by atoms with Crippen molar-refractivity contribution in [3.8, 4) is 0 Å². The topological polar surface area (TPSA) is 104 Å². The number of nitrogens with one attached hydrogen (secondary N) is 2. The van der Waals surface area contributed by atoms with Crippen molar-refractivity contribution in [1.29, 1.82) is 0 Å². The molecule has 1 rings (SSSR count). The third-order valence-electron chi connectivity index (χ3n) is 2.83. The molecule has 0 aliphatic heterocycles. The fourth-order valence-electron chi connectivity index (χ4n) is 1.62. The molecule has 0 saturated heterocycles. The Kier molecular flexibility index (Phi) is 5.47. The third-order valence-corrected chi connectivity index (χ3v) is 2.83. The van der Waals surface area contributed by atoms with Gasteiger partial charge < -0.3 is 11.1 Å².